The van der Waals surface area contributed by atoms with Gasteiger partial charge in [-0.1, -0.05) is 24.3 Å². The Bertz CT molecular complexity index is 679. The highest BCUT2D eigenvalue weighted by Gasteiger charge is 2.26. The zero-order chi connectivity index (χ0) is 15.5. The first-order chi connectivity index (χ1) is 10.7. The third-order valence-corrected chi connectivity index (χ3v) is 4.39. The summed E-state index contributed by atoms with van der Waals surface area (Å²) in [4.78, 5) is 17.0. The van der Waals surface area contributed by atoms with Gasteiger partial charge in [0.15, 0.2) is 0 Å². The fourth-order valence-corrected chi connectivity index (χ4v) is 3.22. The lowest BCUT2D eigenvalue weighted by Crippen LogP contribution is -2.34. The number of anilines is 1. The van der Waals surface area contributed by atoms with Crippen LogP contribution in [0.3, 0.4) is 0 Å². The fraction of sp³-hybridized carbons (Fsp3) is 0.353. The number of aromatic nitrogens is 1. The minimum Gasteiger partial charge on any atom is -0.351 e. The quantitative estimate of drug-likeness (QED) is 0.640. The van der Waals surface area contributed by atoms with Gasteiger partial charge in [-0.05, 0) is 42.9 Å². The second-order valence-corrected chi connectivity index (χ2v) is 5.72. The molecule has 2 aromatic rings. The summed E-state index contributed by atoms with van der Waals surface area (Å²) in [6.07, 6.45) is 3.62. The zero-order valence-corrected chi connectivity index (χ0v) is 12.6. The van der Waals surface area contributed by atoms with Gasteiger partial charge in [-0.15, -0.1) is 0 Å². The van der Waals surface area contributed by atoms with Crippen molar-refractivity contribution in [2.45, 2.75) is 25.7 Å². The van der Waals surface area contributed by atoms with E-state index in [0.717, 1.165) is 25.9 Å². The maximum absolute atomic E-state index is 11.1. The van der Waals surface area contributed by atoms with Crippen LogP contribution < -0.4 is 4.90 Å². The smallest absolute Gasteiger partial charge is 0.311 e. The highest BCUT2D eigenvalue weighted by atomic mass is 16.6. The lowest BCUT2D eigenvalue weighted by Gasteiger charge is -2.33. The predicted molar refractivity (Wildman–Crippen MR) is 86.3 cm³/mol. The number of benzene rings is 1. The van der Waals surface area contributed by atoms with E-state index in [1.165, 1.54) is 17.2 Å². The first kappa shape index (κ1) is 14.5. The Labute approximate surface area is 129 Å². The van der Waals surface area contributed by atoms with Crippen LogP contribution in [0.2, 0.25) is 0 Å². The van der Waals surface area contributed by atoms with Crippen molar-refractivity contribution >= 4 is 11.5 Å². The summed E-state index contributed by atoms with van der Waals surface area (Å²) < 4.78 is 0. The summed E-state index contributed by atoms with van der Waals surface area (Å²) in [5.41, 5.74) is 2.82. The van der Waals surface area contributed by atoms with E-state index < -0.39 is 0 Å². The largest absolute Gasteiger partial charge is 0.351 e. The molecular formula is C17H19N3O2. The van der Waals surface area contributed by atoms with Gasteiger partial charge in [-0.3, -0.25) is 10.1 Å². The molecule has 1 saturated heterocycles. The number of pyridine rings is 1. The molecule has 1 fully saturated rings. The lowest BCUT2D eigenvalue weighted by molar-refractivity contribution is -0.384. The van der Waals surface area contributed by atoms with Crippen LogP contribution in [0, 0.1) is 17.0 Å². The molecule has 0 amide bonds. The molecule has 0 spiro atoms. The van der Waals surface area contributed by atoms with Gasteiger partial charge in [0, 0.05) is 25.4 Å². The molecule has 3 rings (SSSR count). The van der Waals surface area contributed by atoms with Gasteiger partial charge in [0.2, 0.25) is 5.82 Å². The summed E-state index contributed by atoms with van der Waals surface area (Å²) in [5, 5.41) is 11.1. The van der Waals surface area contributed by atoms with Gasteiger partial charge in [-0.2, -0.15) is 0 Å². The van der Waals surface area contributed by atoms with Crippen LogP contribution in [0.1, 0.15) is 29.9 Å². The Morgan fingerprint density at radius 3 is 2.59 bits per heavy atom. The molecule has 0 N–H and O–H groups in total. The molecule has 5 heteroatoms. The zero-order valence-electron chi connectivity index (χ0n) is 12.6. The number of aryl methyl sites for hydroxylation is 1. The Morgan fingerprint density at radius 1 is 1.18 bits per heavy atom. The van der Waals surface area contributed by atoms with Gasteiger partial charge in [0.05, 0.1) is 4.92 Å². The monoisotopic (exact) mass is 297 g/mol. The summed E-state index contributed by atoms with van der Waals surface area (Å²) in [7, 11) is 0. The van der Waals surface area contributed by atoms with Crippen molar-refractivity contribution < 1.29 is 4.92 Å². The number of rotatable bonds is 3. The van der Waals surface area contributed by atoms with E-state index in [0.29, 0.717) is 11.7 Å². The molecule has 1 aromatic carbocycles. The average Bonchev–Trinajstić information content (AvgIpc) is 2.55. The van der Waals surface area contributed by atoms with Crippen LogP contribution in [0.4, 0.5) is 11.5 Å². The molecule has 1 aliphatic heterocycles. The van der Waals surface area contributed by atoms with Crippen molar-refractivity contribution in [2.24, 2.45) is 0 Å². The van der Waals surface area contributed by atoms with E-state index in [1.807, 2.05) is 4.90 Å². The average molecular weight is 297 g/mol. The highest BCUT2D eigenvalue weighted by molar-refractivity contribution is 5.57. The van der Waals surface area contributed by atoms with Gasteiger partial charge in [0.25, 0.3) is 0 Å². The van der Waals surface area contributed by atoms with Gasteiger partial charge < -0.3 is 4.90 Å². The van der Waals surface area contributed by atoms with Crippen LogP contribution in [-0.2, 0) is 0 Å². The number of piperidine rings is 1. The molecule has 5 nitrogen and oxygen atoms in total. The molecular weight excluding hydrogens is 278 g/mol. The Morgan fingerprint density at radius 2 is 1.91 bits per heavy atom. The van der Waals surface area contributed by atoms with E-state index in [2.05, 4.69) is 36.2 Å². The Hall–Kier alpha value is -2.43. The van der Waals surface area contributed by atoms with Crippen LogP contribution in [0.5, 0.6) is 0 Å². The maximum atomic E-state index is 11.1. The topological polar surface area (TPSA) is 59.3 Å². The lowest BCUT2D eigenvalue weighted by atomic mass is 9.87. The molecule has 0 atom stereocenters. The molecule has 0 bridgehead atoms. The summed E-state index contributed by atoms with van der Waals surface area (Å²) in [6, 6.07) is 11.6. The minimum atomic E-state index is -0.351. The van der Waals surface area contributed by atoms with Crippen LogP contribution in [-0.4, -0.2) is 23.0 Å². The van der Waals surface area contributed by atoms with Crippen molar-refractivity contribution in [1.29, 1.82) is 0 Å². The molecule has 0 unspecified atom stereocenters. The van der Waals surface area contributed by atoms with Crippen molar-refractivity contribution in [1.82, 2.24) is 4.98 Å². The molecule has 0 aliphatic carbocycles. The van der Waals surface area contributed by atoms with E-state index in [9.17, 15) is 10.1 Å². The predicted octanol–water partition coefficient (Wildman–Crippen LogP) is 3.68. The third-order valence-electron chi connectivity index (χ3n) is 4.39. The van der Waals surface area contributed by atoms with E-state index in [4.69, 9.17) is 0 Å². The van der Waals surface area contributed by atoms with Gasteiger partial charge in [-0.25, -0.2) is 4.98 Å². The molecule has 0 saturated carbocycles. The van der Waals surface area contributed by atoms with E-state index in [1.54, 1.807) is 12.3 Å². The fourth-order valence-electron chi connectivity index (χ4n) is 3.22. The van der Waals surface area contributed by atoms with Crippen molar-refractivity contribution in [3.05, 3.63) is 63.8 Å². The van der Waals surface area contributed by atoms with Crippen molar-refractivity contribution in [3.63, 3.8) is 0 Å². The molecule has 22 heavy (non-hydrogen) atoms. The molecule has 2 heterocycles. The number of hydrogen-bond acceptors (Lipinski definition) is 4. The van der Waals surface area contributed by atoms with Gasteiger partial charge in [0.1, 0.15) is 0 Å². The second kappa shape index (κ2) is 6.13. The second-order valence-electron chi connectivity index (χ2n) is 5.72. The van der Waals surface area contributed by atoms with Crippen LogP contribution >= 0.6 is 0 Å². The van der Waals surface area contributed by atoms with Crippen molar-refractivity contribution in [2.75, 3.05) is 18.0 Å². The standard InChI is InChI=1S/C17H19N3O2/c1-13-5-2-3-6-15(13)14-8-11-19(12-9-14)17-16(20(21)22)7-4-10-18-17/h2-7,10,14H,8-9,11-12H2,1H3. The first-order valence-electron chi connectivity index (χ1n) is 7.56. The van der Waals surface area contributed by atoms with Gasteiger partial charge >= 0.3 is 5.69 Å². The summed E-state index contributed by atoms with van der Waals surface area (Å²) in [5.74, 6) is 1.02. The molecule has 1 aromatic heterocycles. The first-order valence-corrected chi connectivity index (χ1v) is 7.56. The number of hydrogen-bond donors (Lipinski definition) is 0. The third kappa shape index (κ3) is 2.79. The number of nitro groups is 1. The molecule has 114 valence electrons. The highest BCUT2D eigenvalue weighted by Crippen LogP contribution is 2.34. The summed E-state index contributed by atoms with van der Waals surface area (Å²) >= 11 is 0. The Balaban J connectivity index is 1.75. The van der Waals surface area contributed by atoms with E-state index >= 15 is 0 Å². The van der Waals surface area contributed by atoms with E-state index in [-0.39, 0.29) is 10.6 Å². The maximum Gasteiger partial charge on any atom is 0.311 e. The molecule has 1 aliphatic rings. The van der Waals surface area contributed by atoms with Crippen LogP contribution in [0.15, 0.2) is 42.6 Å². The number of nitrogens with zero attached hydrogens (tertiary/aromatic N) is 3. The minimum absolute atomic E-state index is 0.0943. The molecule has 0 radical (unpaired) electrons. The van der Waals surface area contributed by atoms with Crippen LogP contribution in [0.25, 0.3) is 0 Å². The normalized spacial score (nSPS) is 15.8. The van der Waals surface area contributed by atoms with Crippen molar-refractivity contribution in [3.8, 4) is 0 Å². The summed E-state index contributed by atoms with van der Waals surface area (Å²) in [6.45, 7) is 3.75. The SMILES string of the molecule is Cc1ccccc1C1CCN(c2ncccc2[N+](=O)[O-])CC1. The Kier molecular flexibility index (Phi) is 4.04.